The lowest BCUT2D eigenvalue weighted by Crippen LogP contribution is -2.44. The van der Waals surface area contributed by atoms with E-state index < -0.39 is 17.0 Å². The lowest BCUT2D eigenvalue weighted by Gasteiger charge is -2.34. The van der Waals surface area contributed by atoms with Gasteiger partial charge < -0.3 is 15.4 Å². The molecule has 0 unspecified atom stereocenters. The Morgan fingerprint density at radius 1 is 1.21 bits per heavy atom. The summed E-state index contributed by atoms with van der Waals surface area (Å²) in [6, 6.07) is 1.96. The molecule has 2 heterocycles. The van der Waals surface area contributed by atoms with Gasteiger partial charge in [-0.3, -0.25) is 4.79 Å². The van der Waals surface area contributed by atoms with Crippen molar-refractivity contribution in [2.75, 3.05) is 30.4 Å². The van der Waals surface area contributed by atoms with Crippen molar-refractivity contribution in [1.29, 1.82) is 0 Å². The second-order valence-electron chi connectivity index (χ2n) is 5.01. The summed E-state index contributed by atoms with van der Waals surface area (Å²) in [5, 5.41) is 5.56. The molecule has 0 aromatic heterocycles. The number of hydrogen-bond donors (Lipinski definition) is 2. The lowest BCUT2D eigenvalue weighted by atomic mass is 9.79. The molecule has 1 spiro atoms. The SMILES string of the molecule is O=C1Nc2c(F)cc(F)cc2NCC12CCOCC2. The molecule has 1 saturated heterocycles. The van der Waals surface area contributed by atoms with Crippen molar-refractivity contribution in [3.63, 3.8) is 0 Å². The van der Waals surface area contributed by atoms with E-state index >= 15 is 0 Å². The molecule has 6 heteroatoms. The van der Waals surface area contributed by atoms with Crippen LogP contribution < -0.4 is 10.6 Å². The fraction of sp³-hybridized carbons (Fsp3) is 0.462. The lowest BCUT2D eigenvalue weighted by molar-refractivity contribution is -0.129. The maximum absolute atomic E-state index is 13.7. The Balaban J connectivity index is 1.97. The highest BCUT2D eigenvalue weighted by Gasteiger charge is 2.42. The topological polar surface area (TPSA) is 50.4 Å². The van der Waals surface area contributed by atoms with Gasteiger partial charge in [-0.25, -0.2) is 8.78 Å². The van der Waals surface area contributed by atoms with Gasteiger partial charge in [0, 0.05) is 25.8 Å². The number of fused-ring (bicyclic) bond motifs is 1. The molecule has 1 fully saturated rings. The minimum Gasteiger partial charge on any atom is -0.382 e. The van der Waals surface area contributed by atoms with E-state index in [1.165, 1.54) is 6.07 Å². The number of amides is 1. The molecule has 2 aliphatic rings. The minimum absolute atomic E-state index is 0.0229. The number of benzene rings is 1. The van der Waals surface area contributed by atoms with Crippen molar-refractivity contribution in [3.8, 4) is 0 Å². The predicted octanol–water partition coefficient (Wildman–Crippen LogP) is 2.13. The molecule has 102 valence electrons. The summed E-state index contributed by atoms with van der Waals surface area (Å²) in [6.07, 6.45) is 1.15. The van der Waals surface area contributed by atoms with E-state index in [1.54, 1.807) is 0 Å². The predicted molar refractivity (Wildman–Crippen MR) is 66.0 cm³/mol. The first kappa shape index (κ1) is 12.3. The van der Waals surface area contributed by atoms with Crippen LogP contribution in [0.5, 0.6) is 0 Å². The molecule has 1 amide bonds. The summed E-state index contributed by atoms with van der Waals surface area (Å²) >= 11 is 0. The summed E-state index contributed by atoms with van der Waals surface area (Å²) < 4.78 is 32.2. The van der Waals surface area contributed by atoms with Crippen molar-refractivity contribution in [2.24, 2.45) is 5.41 Å². The fourth-order valence-corrected chi connectivity index (χ4v) is 2.60. The maximum Gasteiger partial charge on any atom is 0.232 e. The number of ether oxygens (including phenoxy) is 1. The van der Waals surface area contributed by atoms with Gasteiger partial charge in [-0.15, -0.1) is 0 Å². The Kier molecular flexibility index (Phi) is 2.89. The van der Waals surface area contributed by atoms with Crippen LogP contribution in [0.25, 0.3) is 0 Å². The third-order valence-corrected chi connectivity index (χ3v) is 3.84. The third-order valence-electron chi connectivity index (χ3n) is 3.84. The van der Waals surface area contributed by atoms with Crippen LogP contribution in [0.15, 0.2) is 12.1 Å². The van der Waals surface area contributed by atoms with Gasteiger partial charge in [-0.05, 0) is 18.9 Å². The second kappa shape index (κ2) is 4.45. The molecule has 19 heavy (non-hydrogen) atoms. The van der Waals surface area contributed by atoms with Crippen molar-refractivity contribution >= 4 is 17.3 Å². The first-order valence-electron chi connectivity index (χ1n) is 6.23. The summed E-state index contributed by atoms with van der Waals surface area (Å²) in [7, 11) is 0. The molecule has 1 aromatic rings. The first-order valence-corrected chi connectivity index (χ1v) is 6.23. The number of hydrogen-bond acceptors (Lipinski definition) is 3. The van der Waals surface area contributed by atoms with E-state index in [-0.39, 0.29) is 17.3 Å². The number of carbonyl (C=O) groups is 1. The smallest absolute Gasteiger partial charge is 0.232 e. The summed E-state index contributed by atoms with van der Waals surface area (Å²) in [5.74, 6) is -1.66. The van der Waals surface area contributed by atoms with Gasteiger partial charge in [-0.1, -0.05) is 0 Å². The summed E-state index contributed by atoms with van der Waals surface area (Å²) in [4.78, 5) is 12.3. The molecular formula is C13H14F2N2O2. The molecule has 3 rings (SSSR count). The van der Waals surface area contributed by atoms with E-state index in [4.69, 9.17) is 4.74 Å². The molecular weight excluding hydrogens is 254 g/mol. The number of carbonyl (C=O) groups excluding carboxylic acids is 1. The highest BCUT2D eigenvalue weighted by Crippen LogP contribution is 2.38. The van der Waals surface area contributed by atoms with Crippen LogP contribution in [-0.4, -0.2) is 25.7 Å². The van der Waals surface area contributed by atoms with Crippen LogP contribution >= 0.6 is 0 Å². The third kappa shape index (κ3) is 2.06. The van der Waals surface area contributed by atoms with E-state index in [0.717, 1.165) is 6.07 Å². The molecule has 2 aliphatic heterocycles. The van der Waals surface area contributed by atoms with E-state index in [2.05, 4.69) is 10.6 Å². The largest absolute Gasteiger partial charge is 0.382 e. The zero-order valence-electron chi connectivity index (χ0n) is 10.3. The van der Waals surface area contributed by atoms with Crippen LogP contribution in [0.2, 0.25) is 0 Å². The number of nitrogens with one attached hydrogen (secondary N) is 2. The summed E-state index contributed by atoms with van der Waals surface area (Å²) in [6.45, 7) is 1.36. The Bertz CT molecular complexity index is 528. The van der Waals surface area contributed by atoms with Gasteiger partial charge in [0.2, 0.25) is 5.91 Å². The van der Waals surface area contributed by atoms with Crippen LogP contribution in [0.3, 0.4) is 0 Å². The highest BCUT2D eigenvalue weighted by molar-refractivity contribution is 6.00. The average Bonchev–Trinajstić information content (AvgIpc) is 2.52. The number of halogens is 2. The molecule has 1 aromatic carbocycles. The molecule has 0 aliphatic carbocycles. The quantitative estimate of drug-likeness (QED) is 0.758. The number of anilines is 2. The van der Waals surface area contributed by atoms with Gasteiger partial charge in [-0.2, -0.15) is 0 Å². The second-order valence-corrected chi connectivity index (χ2v) is 5.01. The van der Waals surface area contributed by atoms with Gasteiger partial charge >= 0.3 is 0 Å². The highest BCUT2D eigenvalue weighted by atomic mass is 19.1. The Morgan fingerprint density at radius 2 is 1.95 bits per heavy atom. The van der Waals surface area contributed by atoms with E-state index in [1.807, 2.05) is 0 Å². The average molecular weight is 268 g/mol. The van der Waals surface area contributed by atoms with Crippen LogP contribution in [-0.2, 0) is 9.53 Å². The van der Waals surface area contributed by atoms with Crippen LogP contribution in [0.4, 0.5) is 20.2 Å². The Morgan fingerprint density at radius 3 is 2.68 bits per heavy atom. The van der Waals surface area contributed by atoms with E-state index in [9.17, 15) is 13.6 Å². The van der Waals surface area contributed by atoms with Gasteiger partial charge in [0.1, 0.15) is 11.5 Å². The monoisotopic (exact) mass is 268 g/mol. The van der Waals surface area contributed by atoms with Crippen molar-refractivity contribution in [1.82, 2.24) is 0 Å². The molecule has 0 atom stereocenters. The van der Waals surface area contributed by atoms with Crippen molar-refractivity contribution in [2.45, 2.75) is 12.8 Å². The van der Waals surface area contributed by atoms with Gasteiger partial charge in [0.25, 0.3) is 0 Å². The van der Waals surface area contributed by atoms with Crippen molar-refractivity contribution < 1.29 is 18.3 Å². The minimum atomic E-state index is -0.764. The first-order chi connectivity index (χ1) is 9.11. The molecule has 2 N–H and O–H groups in total. The van der Waals surface area contributed by atoms with Gasteiger partial charge in [0.05, 0.1) is 11.1 Å². The van der Waals surface area contributed by atoms with E-state index in [0.29, 0.717) is 32.6 Å². The molecule has 0 saturated carbocycles. The maximum atomic E-state index is 13.7. The zero-order chi connectivity index (χ0) is 13.5. The molecule has 0 radical (unpaired) electrons. The Labute approximate surface area is 109 Å². The van der Waals surface area contributed by atoms with Crippen LogP contribution in [0, 0.1) is 17.0 Å². The summed E-state index contributed by atoms with van der Waals surface area (Å²) in [5.41, 5.74) is -0.302. The molecule has 4 nitrogen and oxygen atoms in total. The van der Waals surface area contributed by atoms with Crippen LogP contribution in [0.1, 0.15) is 12.8 Å². The van der Waals surface area contributed by atoms with Crippen molar-refractivity contribution in [3.05, 3.63) is 23.8 Å². The molecule has 0 bridgehead atoms. The normalized spacial score (nSPS) is 21.3. The standard InChI is InChI=1S/C13H14F2N2O2/c14-8-5-9(15)11-10(6-8)16-7-13(12(18)17-11)1-3-19-4-2-13/h5-6,16H,1-4,7H2,(H,17,18). The van der Waals surface area contributed by atoms with Gasteiger partial charge in [0.15, 0.2) is 5.82 Å². The zero-order valence-corrected chi connectivity index (χ0v) is 10.3. The fourth-order valence-electron chi connectivity index (χ4n) is 2.60. The Hall–Kier alpha value is -1.69. The number of rotatable bonds is 0.